The second kappa shape index (κ2) is 5.79. The summed E-state index contributed by atoms with van der Waals surface area (Å²) in [6.45, 7) is 3.97. The second-order valence-electron chi connectivity index (χ2n) is 7.15. The summed E-state index contributed by atoms with van der Waals surface area (Å²) in [6.07, 6.45) is 5.35. The van der Waals surface area contributed by atoms with Gasteiger partial charge in [0.15, 0.2) is 0 Å². The molecule has 0 aliphatic heterocycles. The minimum atomic E-state index is -0.115. The number of carbonyl (C=O) groups excluding carboxylic acids is 1. The zero-order valence-corrected chi connectivity index (χ0v) is 15.9. The average molecular weight is 377 g/mol. The van der Waals surface area contributed by atoms with E-state index in [9.17, 15) is 4.79 Å². The van der Waals surface area contributed by atoms with Crippen LogP contribution in [0, 0.1) is 13.8 Å². The number of nitrogens with zero attached hydrogens (tertiary/aromatic N) is 3. The average Bonchev–Trinajstić information content (AvgIpc) is 3.29. The molecule has 1 atom stereocenters. The number of nitrogen functional groups attached to an aromatic ring is 1. The van der Waals surface area contributed by atoms with Gasteiger partial charge in [-0.1, -0.05) is 6.07 Å². The van der Waals surface area contributed by atoms with Crippen LogP contribution in [0.5, 0.6) is 0 Å². The minimum absolute atomic E-state index is 0.0589. The van der Waals surface area contributed by atoms with Crippen molar-refractivity contribution in [3.8, 4) is 0 Å². The van der Waals surface area contributed by atoms with Gasteiger partial charge in [0.1, 0.15) is 15.4 Å². The smallest absolute Gasteiger partial charge is 0.263 e. The van der Waals surface area contributed by atoms with E-state index in [1.807, 2.05) is 36.6 Å². The SMILES string of the molecule is Cc1cn2c(cc(C)c3c(N)c(C(=O)NC4Cc5cccnc5C4)sc32)n1. The Labute approximate surface area is 160 Å². The Morgan fingerprint density at radius 1 is 1.37 bits per heavy atom. The molecule has 0 saturated carbocycles. The van der Waals surface area contributed by atoms with Gasteiger partial charge in [0.05, 0.1) is 11.4 Å². The predicted octanol–water partition coefficient (Wildman–Crippen LogP) is 3.04. The van der Waals surface area contributed by atoms with E-state index in [2.05, 4.69) is 21.4 Å². The first-order valence-electron chi connectivity index (χ1n) is 8.92. The molecule has 27 heavy (non-hydrogen) atoms. The van der Waals surface area contributed by atoms with E-state index < -0.39 is 0 Å². The van der Waals surface area contributed by atoms with Gasteiger partial charge in [0.25, 0.3) is 5.91 Å². The number of hydrogen-bond donors (Lipinski definition) is 2. The summed E-state index contributed by atoms with van der Waals surface area (Å²) in [4.78, 5) is 23.4. The van der Waals surface area contributed by atoms with Crippen LogP contribution in [0.2, 0.25) is 0 Å². The fraction of sp³-hybridized carbons (Fsp3) is 0.250. The highest BCUT2D eigenvalue weighted by Gasteiger charge is 2.26. The van der Waals surface area contributed by atoms with Crippen LogP contribution >= 0.6 is 11.3 Å². The number of pyridine rings is 2. The van der Waals surface area contributed by atoms with Crippen molar-refractivity contribution >= 4 is 38.8 Å². The number of rotatable bonds is 2. The molecule has 1 aliphatic rings. The quantitative estimate of drug-likeness (QED) is 0.562. The van der Waals surface area contributed by atoms with Gasteiger partial charge in [0.2, 0.25) is 0 Å². The summed E-state index contributed by atoms with van der Waals surface area (Å²) in [5, 5.41) is 4.08. The van der Waals surface area contributed by atoms with Crippen molar-refractivity contribution in [1.29, 1.82) is 0 Å². The van der Waals surface area contributed by atoms with Gasteiger partial charge in [-0.15, -0.1) is 11.3 Å². The first kappa shape index (κ1) is 16.3. The Morgan fingerprint density at radius 3 is 3.04 bits per heavy atom. The maximum atomic E-state index is 13.0. The van der Waals surface area contributed by atoms with Crippen molar-refractivity contribution < 1.29 is 4.79 Å². The van der Waals surface area contributed by atoms with Gasteiger partial charge < -0.3 is 11.1 Å². The lowest BCUT2D eigenvalue weighted by Gasteiger charge is -2.11. The summed E-state index contributed by atoms with van der Waals surface area (Å²) in [5.74, 6) is -0.115. The zero-order chi connectivity index (χ0) is 18.7. The molecule has 0 spiro atoms. The van der Waals surface area contributed by atoms with Crippen LogP contribution < -0.4 is 11.1 Å². The minimum Gasteiger partial charge on any atom is -0.397 e. The fourth-order valence-corrected chi connectivity index (χ4v) is 5.14. The summed E-state index contributed by atoms with van der Waals surface area (Å²) < 4.78 is 2.02. The Hall–Kier alpha value is -2.93. The Balaban J connectivity index is 1.51. The second-order valence-corrected chi connectivity index (χ2v) is 8.15. The predicted molar refractivity (Wildman–Crippen MR) is 107 cm³/mol. The van der Waals surface area contributed by atoms with Gasteiger partial charge in [0, 0.05) is 35.9 Å². The first-order valence-corrected chi connectivity index (χ1v) is 9.74. The van der Waals surface area contributed by atoms with E-state index in [0.29, 0.717) is 10.6 Å². The number of carbonyl (C=O) groups is 1. The van der Waals surface area contributed by atoms with E-state index in [-0.39, 0.29) is 11.9 Å². The lowest BCUT2D eigenvalue weighted by molar-refractivity contribution is 0.0943. The molecule has 136 valence electrons. The number of nitrogens with two attached hydrogens (primary N) is 1. The molecule has 0 radical (unpaired) electrons. The van der Waals surface area contributed by atoms with E-state index >= 15 is 0 Å². The van der Waals surface area contributed by atoms with Crippen molar-refractivity contribution in [3.63, 3.8) is 0 Å². The van der Waals surface area contributed by atoms with Crippen molar-refractivity contribution in [2.75, 3.05) is 5.73 Å². The monoisotopic (exact) mass is 377 g/mol. The number of thiophene rings is 1. The van der Waals surface area contributed by atoms with E-state index in [0.717, 1.165) is 45.7 Å². The Morgan fingerprint density at radius 2 is 2.22 bits per heavy atom. The third-order valence-electron chi connectivity index (χ3n) is 5.17. The normalized spacial score (nSPS) is 16.1. The van der Waals surface area contributed by atoms with Crippen LogP contribution in [0.15, 0.2) is 30.6 Å². The number of imidazole rings is 1. The van der Waals surface area contributed by atoms with Gasteiger partial charge in [-0.05, 0) is 43.5 Å². The summed E-state index contributed by atoms with van der Waals surface area (Å²) in [7, 11) is 0. The maximum Gasteiger partial charge on any atom is 0.263 e. The summed E-state index contributed by atoms with van der Waals surface area (Å²) >= 11 is 1.43. The summed E-state index contributed by atoms with van der Waals surface area (Å²) in [5.41, 5.74) is 12.1. The van der Waals surface area contributed by atoms with Crippen LogP contribution in [0.3, 0.4) is 0 Å². The number of amides is 1. The lowest BCUT2D eigenvalue weighted by atomic mass is 10.1. The van der Waals surface area contributed by atoms with Crippen molar-refractivity contribution in [3.05, 3.63) is 58.0 Å². The molecule has 7 heteroatoms. The topological polar surface area (TPSA) is 85.3 Å². The van der Waals surface area contributed by atoms with Crippen molar-refractivity contribution in [2.45, 2.75) is 32.7 Å². The molecule has 1 amide bonds. The molecule has 1 aliphatic carbocycles. The van der Waals surface area contributed by atoms with Gasteiger partial charge in [-0.2, -0.15) is 0 Å². The summed E-state index contributed by atoms with van der Waals surface area (Å²) in [6, 6.07) is 6.08. The molecule has 3 N–H and O–H groups in total. The molecule has 0 bridgehead atoms. The fourth-order valence-electron chi connectivity index (χ4n) is 3.96. The Kier molecular flexibility index (Phi) is 3.48. The largest absolute Gasteiger partial charge is 0.397 e. The Bertz CT molecular complexity index is 1200. The first-order chi connectivity index (χ1) is 13.0. The lowest BCUT2D eigenvalue weighted by Crippen LogP contribution is -2.35. The molecular weight excluding hydrogens is 358 g/mol. The molecule has 0 fully saturated rings. The molecule has 5 rings (SSSR count). The molecule has 4 aromatic heterocycles. The van der Waals surface area contributed by atoms with Crippen LogP contribution in [0.1, 0.15) is 32.2 Å². The van der Waals surface area contributed by atoms with Crippen LogP contribution in [0.25, 0.3) is 15.9 Å². The molecule has 4 aromatic rings. The van der Waals surface area contributed by atoms with E-state index in [1.54, 1.807) is 6.20 Å². The van der Waals surface area contributed by atoms with Crippen molar-refractivity contribution in [2.24, 2.45) is 0 Å². The van der Waals surface area contributed by atoms with Crippen LogP contribution in [-0.4, -0.2) is 26.3 Å². The number of fused-ring (bicyclic) bond motifs is 4. The van der Waals surface area contributed by atoms with Gasteiger partial charge in [-0.3, -0.25) is 14.2 Å². The highest BCUT2D eigenvalue weighted by Crippen LogP contribution is 2.37. The molecule has 1 unspecified atom stereocenters. The van der Waals surface area contributed by atoms with Crippen molar-refractivity contribution in [1.82, 2.24) is 19.7 Å². The highest BCUT2D eigenvalue weighted by atomic mass is 32.1. The third-order valence-corrected chi connectivity index (χ3v) is 6.37. The molecule has 4 heterocycles. The number of hydrogen-bond acceptors (Lipinski definition) is 5. The maximum absolute atomic E-state index is 13.0. The van der Waals surface area contributed by atoms with Crippen LogP contribution in [-0.2, 0) is 12.8 Å². The number of nitrogens with one attached hydrogen (secondary N) is 1. The molecule has 0 saturated heterocycles. The number of aromatic nitrogens is 3. The third kappa shape index (κ3) is 2.49. The molecule has 6 nitrogen and oxygen atoms in total. The molecular formula is C20H19N5OS. The van der Waals surface area contributed by atoms with Gasteiger partial charge >= 0.3 is 0 Å². The zero-order valence-electron chi connectivity index (χ0n) is 15.1. The van der Waals surface area contributed by atoms with Gasteiger partial charge in [-0.25, -0.2) is 4.98 Å². The van der Waals surface area contributed by atoms with E-state index in [1.165, 1.54) is 16.9 Å². The highest BCUT2D eigenvalue weighted by molar-refractivity contribution is 7.21. The van der Waals surface area contributed by atoms with E-state index in [4.69, 9.17) is 5.73 Å². The van der Waals surface area contributed by atoms with Crippen LogP contribution in [0.4, 0.5) is 5.69 Å². The standard InChI is InChI=1S/C20H19N5OS/c1-10-6-15-23-11(2)9-25(15)20-16(10)17(21)18(27-20)19(26)24-13-7-12-4-3-5-22-14(12)8-13/h3-6,9,13H,7-8,21H2,1-2H3,(H,24,26). The molecule has 0 aromatic carbocycles. The number of anilines is 1. The number of aryl methyl sites for hydroxylation is 2.